The smallest absolute Gasteiger partial charge is 0.145 e. The summed E-state index contributed by atoms with van der Waals surface area (Å²) in [5, 5.41) is 5.67. The number of hydrogen-bond acceptors (Lipinski definition) is 5. The second kappa shape index (κ2) is 8.03. The summed E-state index contributed by atoms with van der Waals surface area (Å²) in [5.41, 5.74) is 9.43. The summed E-state index contributed by atoms with van der Waals surface area (Å²) in [6.07, 6.45) is 12.1. The van der Waals surface area contributed by atoms with Gasteiger partial charge in [0.25, 0.3) is 0 Å². The van der Waals surface area contributed by atoms with Crippen molar-refractivity contribution in [1.82, 2.24) is 19.5 Å². The highest BCUT2D eigenvalue weighted by atomic mass is 79.9. The van der Waals surface area contributed by atoms with E-state index in [1.54, 1.807) is 6.33 Å². The minimum atomic E-state index is 0.499. The van der Waals surface area contributed by atoms with Gasteiger partial charge in [-0.3, -0.25) is 0 Å². The van der Waals surface area contributed by atoms with Crippen LogP contribution in [0.3, 0.4) is 0 Å². The van der Waals surface area contributed by atoms with Crippen molar-refractivity contribution in [3.63, 3.8) is 0 Å². The van der Waals surface area contributed by atoms with E-state index in [2.05, 4.69) is 66.2 Å². The van der Waals surface area contributed by atoms with Crippen LogP contribution in [0, 0.1) is 5.92 Å². The number of rotatable bonds is 6. The summed E-state index contributed by atoms with van der Waals surface area (Å²) in [6, 6.07) is 12.0. The number of aromatic nitrogens is 4. The Morgan fingerprint density at radius 1 is 1.09 bits per heavy atom. The summed E-state index contributed by atoms with van der Waals surface area (Å²) in [7, 11) is 0. The molecule has 0 unspecified atom stereocenters. The normalized spacial score (nSPS) is 20.9. The van der Waals surface area contributed by atoms with Crippen LogP contribution in [0.4, 0.5) is 11.6 Å². The zero-order valence-electron chi connectivity index (χ0n) is 18.0. The average molecular weight is 491 g/mol. The van der Waals surface area contributed by atoms with E-state index in [-0.39, 0.29) is 0 Å². The van der Waals surface area contributed by atoms with Crippen LogP contribution in [-0.4, -0.2) is 25.6 Å². The topological polar surface area (TPSA) is 81.6 Å². The molecule has 1 aromatic carbocycles. The fourth-order valence-electron chi connectivity index (χ4n) is 5.08. The molecule has 2 aliphatic carbocycles. The largest absolute Gasteiger partial charge is 0.383 e. The number of nitrogen functional groups attached to an aromatic ring is 1. The van der Waals surface area contributed by atoms with Crippen LogP contribution in [0.1, 0.15) is 50.1 Å². The van der Waals surface area contributed by atoms with Crippen molar-refractivity contribution in [2.24, 2.45) is 5.92 Å². The third kappa shape index (κ3) is 3.83. The maximum atomic E-state index is 6.02. The van der Waals surface area contributed by atoms with E-state index in [1.165, 1.54) is 49.5 Å². The van der Waals surface area contributed by atoms with Gasteiger partial charge >= 0.3 is 0 Å². The molecule has 3 heterocycles. The molecule has 0 saturated heterocycles. The summed E-state index contributed by atoms with van der Waals surface area (Å²) in [6.45, 7) is 0. The Kier molecular flexibility index (Phi) is 5.01. The van der Waals surface area contributed by atoms with Crippen LogP contribution < -0.4 is 11.1 Å². The van der Waals surface area contributed by atoms with Crippen LogP contribution >= 0.6 is 15.9 Å². The SMILES string of the molecule is Nc1ncnc2c1ccn2[C@H]1CC[C@@H](CCc2ccc3cc(Br)c(NC4CC4)nc3c2)C1. The fourth-order valence-corrected chi connectivity index (χ4v) is 5.53. The number of halogens is 1. The van der Waals surface area contributed by atoms with E-state index in [0.717, 1.165) is 39.2 Å². The van der Waals surface area contributed by atoms with Gasteiger partial charge in [0.2, 0.25) is 0 Å². The molecule has 3 N–H and O–H groups in total. The molecular formula is C25H27BrN6. The molecule has 6 rings (SSSR count). The number of hydrogen-bond donors (Lipinski definition) is 2. The molecule has 2 aliphatic rings. The van der Waals surface area contributed by atoms with E-state index >= 15 is 0 Å². The number of benzene rings is 1. The molecule has 0 spiro atoms. The van der Waals surface area contributed by atoms with Crippen molar-refractivity contribution < 1.29 is 0 Å². The van der Waals surface area contributed by atoms with Crippen molar-refractivity contribution >= 4 is 49.5 Å². The molecule has 0 aliphatic heterocycles. The highest BCUT2D eigenvalue weighted by molar-refractivity contribution is 9.10. The van der Waals surface area contributed by atoms with Crippen molar-refractivity contribution in [2.75, 3.05) is 11.1 Å². The first-order valence-corrected chi connectivity index (χ1v) is 12.4. The zero-order valence-corrected chi connectivity index (χ0v) is 19.6. The lowest BCUT2D eigenvalue weighted by Gasteiger charge is -2.15. The monoisotopic (exact) mass is 490 g/mol. The molecule has 3 aromatic heterocycles. The van der Waals surface area contributed by atoms with E-state index in [1.807, 2.05) is 6.07 Å². The quantitative estimate of drug-likeness (QED) is 0.353. The zero-order chi connectivity index (χ0) is 21.7. The lowest BCUT2D eigenvalue weighted by molar-refractivity contribution is 0.461. The number of anilines is 2. The van der Waals surface area contributed by atoms with Crippen LogP contribution in [-0.2, 0) is 6.42 Å². The van der Waals surface area contributed by atoms with E-state index < -0.39 is 0 Å². The maximum Gasteiger partial charge on any atom is 0.145 e. The molecule has 4 aromatic rings. The lowest BCUT2D eigenvalue weighted by atomic mass is 9.97. The van der Waals surface area contributed by atoms with Crippen molar-refractivity contribution in [1.29, 1.82) is 0 Å². The van der Waals surface area contributed by atoms with Gasteiger partial charge in [-0.15, -0.1) is 0 Å². The predicted octanol–water partition coefficient (Wildman–Crippen LogP) is 5.87. The molecule has 0 radical (unpaired) electrons. The van der Waals surface area contributed by atoms with Gasteiger partial charge in [0.05, 0.1) is 15.4 Å². The van der Waals surface area contributed by atoms with Gasteiger partial charge in [0.15, 0.2) is 0 Å². The van der Waals surface area contributed by atoms with Gasteiger partial charge in [-0.25, -0.2) is 15.0 Å². The second-order valence-electron chi connectivity index (χ2n) is 9.36. The third-order valence-corrected chi connectivity index (χ3v) is 7.65. The van der Waals surface area contributed by atoms with Gasteiger partial charge in [-0.05, 0) is 90.6 Å². The first-order chi connectivity index (χ1) is 15.6. The Morgan fingerprint density at radius 2 is 2.00 bits per heavy atom. The second-order valence-corrected chi connectivity index (χ2v) is 10.2. The molecule has 6 nitrogen and oxygen atoms in total. The summed E-state index contributed by atoms with van der Waals surface area (Å²) in [4.78, 5) is 13.5. The Balaban J connectivity index is 1.13. The Labute approximate surface area is 195 Å². The van der Waals surface area contributed by atoms with Gasteiger partial charge in [0, 0.05) is 23.7 Å². The summed E-state index contributed by atoms with van der Waals surface area (Å²) < 4.78 is 3.35. The minimum absolute atomic E-state index is 0.499. The number of nitrogens with two attached hydrogens (primary N) is 1. The number of nitrogens with zero attached hydrogens (tertiary/aromatic N) is 4. The van der Waals surface area contributed by atoms with Gasteiger partial charge < -0.3 is 15.6 Å². The molecule has 2 fully saturated rings. The first kappa shape index (κ1) is 20.0. The number of aryl methyl sites for hydroxylation is 1. The molecule has 2 atom stereocenters. The molecular weight excluding hydrogens is 464 g/mol. The standard InChI is InChI=1S/C25H27BrN6/c26-21-13-17-5-3-16(12-22(17)31-24(21)30-18-6-7-18)2-1-15-4-8-19(11-15)32-10-9-20-23(27)28-14-29-25(20)32/h3,5,9-10,12-15,18-19H,1-2,4,6-8,11H2,(H,30,31)(H2,27,28,29)/t15-,19+/m1/s1. The third-order valence-electron chi connectivity index (χ3n) is 7.04. The predicted molar refractivity (Wildman–Crippen MR) is 133 cm³/mol. The van der Waals surface area contributed by atoms with Gasteiger partial charge in [-0.2, -0.15) is 0 Å². The van der Waals surface area contributed by atoms with Crippen molar-refractivity contribution in [3.05, 3.63) is 52.9 Å². The molecule has 7 heteroatoms. The van der Waals surface area contributed by atoms with Crippen LogP contribution in [0.2, 0.25) is 0 Å². The van der Waals surface area contributed by atoms with Crippen molar-refractivity contribution in [3.8, 4) is 0 Å². The first-order valence-electron chi connectivity index (χ1n) is 11.6. The van der Waals surface area contributed by atoms with E-state index in [9.17, 15) is 0 Å². The molecule has 2 saturated carbocycles. The number of fused-ring (bicyclic) bond motifs is 2. The maximum absolute atomic E-state index is 6.02. The van der Waals surface area contributed by atoms with E-state index in [0.29, 0.717) is 17.9 Å². The summed E-state index contributed by atoms with van der Waals surface area (Å²) in [5.74, 6) is 2.27. The molecule has 0 amide bonds. The number of nitrogens with one attached hydrogen (secondary N) is 1. The number of pyridine rings is 1. The highest BCUT2D eigenvalue weighted by Crippen LogP contribution is 2.39. The average Bonchev–Trinajstić information content (AvgIpc) is 3.30. The Bertz CT molecular complexity index is 1290. The van der Waals surface area contributed by atoms with Crippen LogP contribution in [0.25, 0.3) is 21.9 Å². The van der Waals surface area contributed by atoms with Gasteiger partial charge in [-0.1, -0.05) is 12.1 Å². The molecule has 32 heavy (non-hydrogen) atoms. The highest BCUT2D eigenvalue weighted by Gasteiger charge is 2.27. The van der Waals surface area contributed by atoms with Crippen LogP contribution in [0.5, 0.6) is 0 Å². The fraction of sp³-hybridized carbons (Fsp3) is 0.400. The van der Waals surface area contributed by atoms with Crippen LogP contribution in [0.15, 0.2) is 47.3 Å². The molecule has 164 valence electrons. The van der Waals surface area contributed by atoms with Crippen molar-refractivity contribution in [2.45, 2.75) is 57.0 Å². The lowest BCUT2D eigenvalue weighted by Crippen LogP contribution is -2.06. The van der Waals surface area contributed by atoms with E-state index in [4.69, 9.17) is 10.7 Å². The Morgan fingerprint density at radius 3 is 2.88 bits per heavy atom. The minimum Gasteiger partial charge on any atom is -0.383 e. The Hall–Kier alpha value is -2.67. The van der Waals surface area contributed by atoms with Gasteiger partial charge in [0.1, 0.15) is 23.6 Å². The summed E-state index contributed by atoms with van der Waals surface area (Å²) >= 11 is 3.67. The molecule has 0 bridgehead atoms.